The van der Waals surface area contributed by atoms with E-state index in [1.54, 1.807) is 25.1 Å². The molecule has 2 aromatic carbocycles. The van der Waals surface area contributed by atoms with E-state index in [4.69, 9.17) is 0 Å². The van der Waals surface area contributed by atoms with Crippen LogP contribution in [0.15, 0.2) is 48.5 Å². The van der Waals surface area contributed by atoms with Gasteiger partial charge in [0.1, 0.15) is 12.6 Å². The van der Waals surface area contributed by atoms with Crippen LogP contribution in [0.1, 0.15) is 50.3 Å². The fourth-order valence-electron chi connectivity index (χ4n) is 3.69. The van der Waals surface area contributed by atoms with Gasteiger partial charge in [0, 0.05) is 12.6 Å². The highest BCUT2D eigenvalue weighted by atomic mass is 32.2. The molecule has 34 heavy (non-hydrogen) atoms. The average molecular weight is 488 g/mol. The highest BCUT2D eigenvalue weighted by Crippen LogP contribution is 2.23. The van der Waals surface area contributed by atoms with Crippen molar-refractivity contribution >= 4 is 27.5 Å². The molecule has 2 rings (SSSR count). The molecule has 0 unspecified atom stereocenters. The number of hydrogen-bond acceptors (Lipinski definition) is 4. The molecule has 2 aromatic rings. The molecule has 2 amide bonds. The summed E-state index contributed by atoms with van der Waals surface area (Å²) in [6.07, 6.45) is 2.26. The second-order valence-corrected chi connectivity index (χ2v) is 10.7. The number of carbonyl (C=O) groups is 2. The number of para-hydroxylation sites is 1. The standard InChI is InChI=1S/C26H37N3O4S/c1-7-21(5)27-26(31)23(8-2)28(17-22-15-13-19(3)14-16-22)25(30)18-29(34(6,32)33)24-12-10-9-11-20(24)4/h9-16,21,23H,7-8,17-18H2,1-6H3,(H,27,31)/t21-,23+/m0/s1. The van der Waals surface area contributed by atoms with Gasteiger partial charge in [0.05, 0.1) is 11.9 Å². The van der Waals surface area contributed by atoms with Gasteiger partial charge in [-0.2, -0.15) is 0 Å². The number of benzene rings is 2. The lowest BCUT2D eigenvalue weighted by atomic mass is 10.1. The van der Waals surface area contributed by atoms with Gasteiger partial charge in [-0.1, -0.05) is 61.9 Å². The number of carbonyl (C=O) groups excluding carboxylic acids is 2. The fourth-order valence-corrected chi connectivity index (χ4v) is 4.60. The van der Waals surface area contributed by atoms with Crippen LogP contribution >= 0.6 is 0 Å². The number of aryl methyl sites for hydroxylation is 2. The first-order chi connectivity index (χ1) is 16.0. The Morgan fingerprint density at radius 1 is 0.971 bits per heavy atom. The van der Waals surface area contributed by atoms with Crippen molar-refractivity contribution in [3.05, 3.63) is 65.2 Å². The van der Waals surface area contributed by atoms with Crippen LogP contribution in [0.4, 0.5) is 5.69 Å². The molecule has 0 radical (unpaired) electrons. The Hall–Kier alpha value is -2.87. The number of amides is 2. The lowest BCUT2D eigenvalue weighted by Crippen LogP contribution is -2.53. The predicted octanol–water partition coefficient (Wildman–Crippen LogP) is 3.79. The quantitative estimate of drug-likeness (QED) is 0.522. The molecule has 0 aliphatic heterocycles. The molecule has 0 aliphatic carbocycles. The summed E-state index contributed by atoms with van der Waals surface area (Å²) < 4.78 is 26.5. The Bertz CT molecular complexity index is 1080. The molecule has 7 nitrogen and oxygen atoms in total. The third kappa shape index (κ3) is 7.32. The molecule has 0 saturated heterocycles. The molecule has 0 saturated carbocycles. The number of sulfonamides is 1. The van der Waals surface area contributed by atoms with Gasteiger partial charge in [0.15, 0.2) is 0 Å². The number of nitrogens with zero attached hydrogens (tertiary/aromatic N) is 2. The van der Waals surface area contributed by atoms with Crippen molar-refractivity contribution in [3.63, 3.8) is 0 Å². The molecular weight excluding hydrogens is 450 g/mol. The highest BCUT2D eigenvalue weighted by molar-refractivity contribution is 7.92. The minimum absolute atomic E-state index is 0.0302. The predicted molar refractivity (Wildman–Crippen MR) is 137 cm³/mol. The normalized spacial score (nSPS) is 13.1. The van der Waals surface area contributed by atoms with Crippen LogP contribution in [0.25, 0.3) is 0 Å². The first kappa shape index (κ1) is 27.4. The molecule has 1 N–H and O–H groups in total. The van der Waals surface area contributed by atoms with Crippen LogP contribution in [-0.2, 0) is 26.2 Å². The fraction of sp³-hybridized carbons (Fsp3) is 0.462. The van der Waals surface area contributed by atoms with Gasteiger partial charge in [0.2, 0.25) is 21.8 Å². The number of anilines is 1. The lowest BCUT2D eigenvalue weighted by molar-refractivity contribution is -0.140. The van der Waals surface area contributed by atoms with Gasteiger partial charge in [0.25, 0.3) is 0 Å². The summed E-state index contributed by atoms with van der Waals surface area (Å²) in [7, 11) is -3.74. The summed E-state index contributed by atoms with van der Waals surface area (Å²) in [5, 5.41) is 2.97. The van der Waals surface area contributed by atoms with E-state index in [-0.39, 0.29) is 25.0 Å². The van der Waals surface area contributed by atoms with E-state index < -0.39 is 22.0 Å². The van der Waals surface area contributed by atoms with Gasteiger partial charge >= 0.3 is 0 Å². The van der Waals surface area contributed by atoms with Crippen molar-refractivity contribution in [2.45, 2.75) is 66.1 Å². The van der Waals surface area contributed by atoms with Gasteiger partial charge < -0.3 is 10.2 Å². The second-order valence-electron chi connectivity index (χ2n) is 8.81. The molecule has 186 valence electrons. The third-order valence-corrected chi connectivity index (χ3v) is 7.05. The summed E-state index contributed by atoms with van der Waals surface area (Å²) >= 11 is 0. The molecule has 0 fully saturated rings. The summed E-state index contributed by atoms with van der Waals surface area (Å²) in [6, 6.07) is 14.0. The number of hydrogen-bond donors (Lipinski definition) is 1. The topological polar surface area (TPSA) is 86.8 Å². The maximum Gasteiger partial charge on any atom is 0.244 e. The van der Waals surface area contributed by atoms with E-state index in [2.05, 4.69) is 5.32 Å². The summed E-state index contributed by atoms with van der Waals surface area (Å²) in [5.41, 5.74) is 3.15. The van der Waals surface area contributed by atoms with E-state index in [9.17, 15) is 18.0 Å². The van der Waals surface area contributed by atoms with Crippen molar-refractivity contribution in [2.24, 2.45) is 0 Å². The molecular formula is C26H37N3O4S. The van der Waals surface area contributed by atoms with E-state index >= 15 is 0 Å². The number of nitrogens with one attached hydrogen (secondary N) is 1. The Labute approximate surface area is 204 Å². The SMILES string of the molecule is CC[C@H](C(=O)N[C@@H](C)CC)N(Cc1ccc(C)cc1)C(=O)CN(c1ccccc1C)S(C)(=O)=O. The van der Waals surface area contributed by atoms with Crippen LogP contribution in [0, 0.1) is 13.8 Å². The molecule has 0 heterocycles. The molecule has 8 heteroatoms. The zero-order valence-electron chi connectivity index (χ0n) is 21.0. The van der Waals surface area contributed by atoms with E-state index in [1.165, 1.54) is 4.90 Å². The van der Waals surface area contributed by atoms with Crippen molar-refractivity contribution < 1.29 is 18.0 Å². The van der Waals surface area contributed by atoms with Crippen LogP contribution in [0.5, 0.6) is 0 Å². The Morgan fingerprint density at radius 2 is 1.59 bits per heavy atom. The van der Waals surface area contributed by atoms with Gasteiger partial charge in [-0.25, -0.2) is 8.42 Å². The summed E-state index contributed by atoms with van der Waals surface area (Å²) in [5.74, 6) is -0.667. The zero-order chi connectivity index (χ0) is 25.5. The minimum atomic E-state index is -3.74. The van der Waals surface area contributed by atoms with Crippen LogP contribution in [0.3, 0.4) is 0 Å². The van der Waals surface area contributed by atoms with Crippen molar-refractivity contribution in [1.82, 2.24) is 10.2 Å². The molecule has 0 spiro atoms. The largest absolute Gasteiger partial charge is 0.352 e. The maximum atomic E-state index is 13.7. The average Bonchev–Trinajstić information content (AvgIpc) is 2.78. The molecule has 0 aromatic heterocycles. The summed E-state index contributed by atoms with van der Waals surface area (Å²) in [4.78, 5) is 28.3. The van der Waals surface area contributed by atoms with Gasteiger partial charge in [-0.3, -0.25) is 13.9 Å². The first-order valence-electron chi connectivity index (χ1n) is 11.7. The Morgan fingerprint density at radius 3 is 2.12 bits per heavy atom. The second kappa shape index (κ2) is 12.0. The Kier molecular flexibility index (Phi) is 9.67. The van der Waals surface area contributed by atoms with Crippen molar-refractivity contribution in [2.75, 3.05) is 17.1 Å². The van der Waals surface area contributed by atoms with Crippen LogP contribution < -0.4 is 9.62 Å². The van der Waals surface area contributed by atoms with Crippen LogP contribution in [-0.4, -0.2) is 50.0 Å². The minimum Gasteiger partial charge on any atom is -0.352 e. The highest BCUT2D eigenvalue weighted by Gasteiger charge is 2.32. The molecule has 2 atom stereocenters. The van der Waals surface area contributed by atoms with E-state index in [1.807, 2.05) is 58.0 Å². The number of rotatable bonds is 11. The van der Waals surface area contributed by atoms with Crippen molar-refractivity contribution in [3.8, 4) is 0 Å². The lowest BCUT2D eigenvalue weighted by Gasteiger charge is -2.33. The Balaban J connectivity index is 2.44. The zero-order valence-corrected chi connectivity index (χ0v) is 21.9. The van der Waals surface area contributed by atoms with E-state index in [0.29, 0.717) is 12.1 Å². The van der Waals surface area contributed by atoms with E-state index in [0.717, 1.165) is 33.7 Å². The molecule has 0 aliphatic rings. The smallest absolute Gasteiger partial charge is 0.244 e. The van der Waals surface area contributed by atoms with Gasteiger partial charge in [-0.05, 0) is 50.8 Å². The maximum absolute atomic E-state index is 13.7. The van der Waals surface area contributed by atoms with Gasteiger partial charge in [-0.15, -0.1) is 0 Å². The summed E-state index contributed by atoms with van der Waals surface area (Å²) in [6.45, 7) is 9.35. The van der Waals surface area contributed by atoms with Crippen LogP contribution in [0.2, 0.25) is 0 Å². The van der Waals surface area contributed by atoms with Crippen molar-refractivity contribution in [1.29, 1.82) is 0 Å². The first-order valence-corrected chi connectivity index (χ1v) is 13.5. The monoisotopic (exact) mass is 487 g/mol. The molecule has 0 bridgehead atoms. The third-order valence-electron chi connectivity index (χ3n) is 5.92.